The number of hydrogen-bond acceptors (Lipinski definition) is 6. The Morgan fingerprint density at radius 1 is 1.58 bits per heavy atom. The van der Waals surface area contributed by atoms with Crippen LogP contribution in [0.1, 0.15) is 25.0 Å². The van der Waals surface area contributed by atoms with Crippen molar-refractivity contribution >= 4 is 28.9 Å². The van der Waals surface area contributed by atoms with Crippen molar-refractivity contribution in [1.29, 1.82) is 5.26 Å². The first-order valence-corrected chi connectivity index (χ1v) is 9.14. The van der Waals surface area contributed by atoms with Gasteiger partial charge in [-0.1, -0.05) is 0 Å². The summed E-state index contributed by atoms with van der Waals surface area (Å²) in [5.74, 6) is 0.112. The molecule has 26 heavy (non-hydrogen) atoms. The van der Waals surface area contributed by atoms with Crippen LogP contribution in [0.5, 0.6) is 0 Å². The van der Waals surface area contributed by atoms with Gasteiger partial charge in [0.05, 0.1) is 10.8 Å². The second kappa shape index (κ2) is 8.17. The van der Waals surface area contributed by atoms with Crippen molar-refractivity contribution < 1.29 is 13.9 Å². The molecular formula is C18H19N3O4S. The Morgan fingerprint density at radius 2 is 2.38 bits per heavy atom. The van der Waals surface area contributed by atoms with E-state index in [4.69, 9.17) is 9.15 Å². The summed E-state index contributed by atoms with van der Waals surface area (Å²) in [6, 6.07) is 5.57. The van der Waals surface area contributed by atoms with Crippen molar-refractivity contribution in [2.75, 3.05) is 13.7 Å². The molecule has 1 fully saturated rings. The van der Waals surface area contributed by atoms with E-state index in [2.05, 4.69) is 5.32 Å². The van der Waals surface area contributed by atoms with Crippen LogP contribution >= 0.6 is 11.3 Å². The lowest BCUT2D eigenvalue weighted by molar-refractivity contribution is -0.115. The smallest absolute Gasteiger partial charge is 0.269 e. The van der Waals surface area contributed by atoms with E-state index in [1.54, 1.807) is 25.3 Å². The number of ether oxygens (including phenoxy) is 1. The van der Waals surface area contributed by atoms with Gasteiger partial charge in [-0.15, -0.1) is 11.3 Å². The molecule has 1 aliphatic carbocycles. The molecule has 2 aromatic rings. The van der Waals surface area contributed by atoms with E-state index >= 15 is 0 Å². The molecule has 1 aliphatic rings. The standard InChI is InChI=1S/C18H19N3O4S/c1-24-8-3-7-21-17(23)15(10-13-4-2-9-25-13)26-18(21)14(11-19)16(22)20-12-5-6-12/h2,4,9-10,12H,3,5-8H2,1H3,(H,20,22)/b15-10+,18-14+. The Hall–Kier alpha value is -2.63. The van der Waals surface area contributed by atoms with Gasteiger partial charge in [-0.05, 0) is 31.4 Å². The van der Waals surface area contributed by atoms with E-state index < -0.39 is 5.91 Å². The molecule has 1 amide bonds. The van der Waals surface area contributed by atoms with Crippen molar-refractivity contribution in [3.63, 3.8) is 0 Å². The Morgan fingerprint density at radius 3 is 3.00 bits per heavy atom. The number of nitriles is 1. The maximum Gasteiger partial charge on any atom is 0.269 e. The fraction of sp³-hybridized carbons (Fsp3) is 0.389. The molecule has 2 aromatic heterocycles. The number of aromatic nitrogens is 1. The van der Waals surface area contributed by atoms with Crippen LogP contribution in [0.4, 0.5) is 0 Å². The summed E-state index contributed by atoms with van der Waals surface area (Å²) < 4.78 is 12.6. The molecule has 0 spiro atoms. The minimum Gasteiger partial charge on any atom is -0.465 e. The van der Waals surface area contributed by atoms with Gasteiger partial charge in [0.15, 0.2) is 5.57 Å². The molecular weight excluding hydrogens is 354 g/mol. The second-order valence-corrected chi connectivity index (χ2v) is 7.00. The van der Waals surface area contributed by atoms with Gasteiger partial charge in [0.2, 0.25) is 0 Å². The van der Waals surface area contributed by atoms with Gasteiger partial charge in [0, 0.05) is 32.4 Å². The number of nitrogens with zero attached hydrogens (tertiary/aromatic N) is 2. The zero-order valence-corrected chi connectivity index (χ0v) is 15.2. The van der Waals surface area contributed by atoms with E-state index in [0.29, 0.717) is 34.5 Å². The first-order valence-electron chi connectivity index (χ1n) is 8.33. The Kier molecular flexibility index (Phi) is 5.71. The molecule has 0 unspecified atom stereocenters. The molecule has 0 radical (unpaired) electrons. The maximum atomic E-state index is 12.8. The predicted octanol–water partition coefficient (Wildman–Crippen LogP) is 0.321. The van der Waals surface area contributed by atoms with Crippen molar-refractivity contribution in [2.24, 2.45) is 0 Å². The van der Waals surface area contributed by atoms with Crippen LogP contribution < -0.4 is 20.1 Å². The molecule has 0 aliphatic heterocycles. The number of nitrogens with one attached hydrogen (secondary N) is 1. The van der Waals surface area contributed by atoms with Crippen molar-refractivity contribution in [2.45, 2.75) is 31.8 Å². The van der Waals surface area contributed by atoms with Gasteiger partial charge in [-0.2, -0.15) is 5.26 Å². The summed E-state index contributed by atoms with van der Waals surface area (Å²) >= 11 is 1.12. The van der Waals surface area contributed by atoms with Crippen LogP contribution in [0.15, 0.2) is 27.6 Å². The number of furan rings is 1. The van der Waals surface area contributed by atoms with Crippen LogP contribution in [0.3, 0.4) is 0 Å². The SMILES string of the molecule is COCCCn1c(=O)/c(=C\c2ccco2)s/c1=C(\C#N)C(=O)NC1CC1. The summed E-state index contributed by atoms with van der Waals surface area (Å²) in [5.41, 5.74) is -0.278. The number of carbonyl (C=O) groups is 1. The summed E-state index contributed by atoms with van der Waals surface area (Å²) in [5, 5.41) is 12.3. The van der Waals surface area contributed by atoms with Gasteiger partial charge in [0.25, 0.3) is 11.5 Å². The second-order valence-electron chi connectivity index (χ2n) is 5.97. The van der Waals surface area contributed by atoms with E-state index in [1.165, 1.54) is 10.8 Å². The molecule has 136 valence electrons. The number of carbonyl (C=O) groups excluding carboxylic acids is 1. The Labute approximate surface area is 153 Å². The molecule has 7 nitrogen and oxygen atoms in total. The van der Waals surface area contributed by atoms with Crippen LogP contribution in [0, 0.1) is 11.3 Å². The predicted molar refractivity (Wildman–Crippen MR) is 96.8 cm³/mol. The zero-order chi connectivity index (χ0) is 18.5. The third kappa shape index (κ3) is 4.12. The lowest BCUT2D eigenvalue weighted by Gasteiger charge is -2.04. The van der Waals surface area contributed by atoms with Gasteiger partial charge < -0.3 is 14.5 Å². The highest BCUT2D eigenvalue weighted by Gasteiger charge is 2.26. The minimum absolute atomic E-state index is 0.0319. The number of methoxy groups -OCH3 is 1. The van der Waals surface area contributed by atoms with E-state index in [-0.39, 0.29) is 17.2 Å². The molecule has 0 bridgehead atoms. The summed E-state index contributed by atoms with van der Waals surface area (Å²) in [7, 11) is 1.59. The van der Waals surface area contributed by atoms with Crippen LogP contribution in [0.2, 0.25) is 0 Å². The minimum atomic E-state index is -0.429. The van der Waals surface area contributed by atoms with Crippen LogP contribution in [0.25, 0.3) is 11.6 Å². The molecule has 0 aromatic carbocycles. The molecule has 0 atom stereocenters. The molecule has 2 heterocycles. The topological polar surface area (TPSA) is 97.3 Å². The largest absolute Gasteiger partial charge is 0.465 e. The Bertz CT molecular complexity index is 991. The van der Waals surface area contributed by atoms with Gasteiger partial charge >= 0.3 is 0 Å². The van der Waals surface area contributed by atoms with E-state index in [0.717, 1.165) is 24.2 Å². The fourth-order valence-electron chi connectivity index (χ4n) is 2.46. The highest BCUT2D eigenvalue weighted by Crippen LogP contribution is 2.19. The highest BCUT2D eigenvalue weighted by molar-refractivity contribution is 7.07. The first kappa shape index (κ1) is 18.2. The number of amides is 1. The number of thiazole rings is 1. The molecule has 0 saturated heterocycles. The summed E-state index contributed by atoms with van der Waals surface area (Å²) in [4.78, 5) is 25.2. The van der Waals surface area contributed by atoms with Crippen LogP contribution in [-0.4, -0.2) is 30.2 Å². The highest BCUT2D eigenvalue weighted by atomic mass is 32.1. The average Bonchev–Trinajstić information content (AvgIpc) is 3.19. The summed E-state index contributed by atoms with van der Waals surface area (Å²) in [6.07, 6.45) is 5.59. The van der Waals surface area contributed by atoms with Crippen molar-refractivity contribution in [1.82, 2.24) is 9.88 Å². The van der Waals surface area contributed by atoms with Crippen molar-refractivity contribution in [3.05, 3.63) is 43.7 Å². The van der Waals surface area contributed by atoms with Crippen molar-refractivity contribution in [3.8, 4) is 6.07 Å². The van der Waals surface area contributed by atoms with Crippen LogP contribution in [-0.2, 0) is 16.1 Å². The zero-order valence-electron chi connectivity index (χ0n) is 14.4. The molecule has 8 heteroatoms. The molecule has 1 N–H and O–H groups in total. The molecule has 3 rings (SSSR count). The monoisotopic (exact) mass is 373 g/mol. The summed E-state index contributed by atoms with van der Waals surface area (Å²) in [6.45, 7) is 0.849. The molecule has 1 saturated carbocycles. The number of hydrogen-bond donors (Lipinski definition) is 1. The van der Waals surface area contributed by atoms with Gasteiger partial charge in [0.1, 0.15) is 16.5 Å². The van der Waals surface area contributed by atoms with Gasteiger partial charge in [-0.25, -0.2) is 0 Å². The third-order valence-electron chi connectivity index (χ3n) is 3.92. The lowest BCUT2D eigenvalue weighted by atomic mass is 10.3. The fourth-order valence-corrected chi connectivity index (χ4v) is 3.56. The quantitative estimate of drug-likeness (QED) is 0.705. The maximum absolute atomic E-state index is 12.8. The van der Waals surface area contributed by atoms with E-state index in [1.807, 2.05) is 6.07 Å². The third-order valence-corrected chi connectivity index (χ3v) is 5.05. The average molecular weight is 373 g/mol. The Balaban J connectivity index is 2.12. The first-order chi connectivity index (χ1) is 12.6. The lowest BCUT2D eigenvalue weighted by Crippen LogP contribution is -2.35. The van der Waals surface area contributed by atoms with Gasteiger partial charge in [-0.3, -0.25) is 14.2 Å². The van der Waals surface area contributed by atoms with E-state index in [9.17, 15) is 14.9 Å². The normalized spacial score (nSPS) is 15.6. The number of rotatable bonds is 7.